The fourth-order valence-corrected chi connectivity index (χ4v) is 10.1. The summed E-state index contributed by atoms with van der Waals surface area (Å²) in [7, 11) is -2.10. The van der Waals surface area contributed by atoms with Crippen molar-refractivity contribution in [2.24, 2.45) is 0 Å². The van der Waals surface area contributed by atoms with Crippen molar-refractivity contribution in [3.8, 4) is 0 Å². The predicted molar refractivity (Wildman–Crippen MR) is 69.2 cm³/mol. The van der Waals surface area contributed by atoms with Crippen molar-refractivity contribution < 1.29 is 0 Å². The van der Waals surface area contributed by atoms with E-state index >= 15 is 0 Å². The van der Waals surface area contributed by atoms with Crippen LogP contribution in [0.2, 0.25) is 15.1 Å². The quantitative estimate of drug-likeness (QED) is 0.483. The van der Waals surface area contributed by atoms with Crippen molar-refractivity contribution in [2.75, 3.05) is 0 Å². The van der Waals surface area contributed by atoms with Crippen molar-refractivity contribution in [2.45, 2.75) is 77.4 Å². The van der Waals surface area contributed by atoms with Crippen LogP contribution in [0.4, 0.5) is 0 Å². The lowest BCUT2D eigenvalue weighted by molar-refractivity contribution is 0.546. The third kappa shape index (κ3) is 2.06. The van der Waals surface area contributed by atoms with E-state index < -0.39 is 8.24 Å². The minimum Gasteiger partial charge on any atom is -0.678 e. The number of rotatable bonds is 0. The van der Waals surface area contributed by atoms with E-state index in [0.29, 0.717) is 0 Å². The van der Waals surface area contributed by atoms with Gasteiger partial charge in [0.1, 0.15) is 0 Å². The average Bonchev–Trinajstić information content (AvgIpc) is 1.77. The zero-order chi connectivity index (χ0) is 12.0. The first kappa shape index (κ1) is 14.2. The number of hydrogen-bond acceptors (Lipinski definition) is 0. The molecule has 0 unspecified atom stereocenters. The van der Waals surface area contributed by atoms with E-state index in [4.69, 9.17) is 5.40 Å². The topological polar surface area (TPSA) is 23.8 Å². The van der Waals surface area contributed by atoms with Crippen LogP contribution in [0.1, 0.15) is 62.3 Å². The molecular weight excluding hydrogens is 186 g/mol. The van der Waals surface area contributed by atoms with E-state index in [-0.39, 0.29) is 15.1 Å². The zero-order valence-electron chi connectivity index (χ0n) is 11.5. The van der Waals surface area contributed by atoms with Gasteiger partial charge in [-0.1, -0.05) is 77.4 Å². The standard InChI is InChI=1S/C12H28NSi/c1-10(2,3)14(13,11(4,5)6)12(7,8)9/h13H,1-9H3/q-1. The summed E-state index contributed by atoms with van der Waals surface area (Å²) in [6.45, 7) is 20.1. The highest BCUT2D eigenvalue weighted by Gasteiger charge is 2.49. The first-order valence-electron chi connectivity index (χ1n) is 5.50. The fourth-order valence-electron chi connectivity index (χ4n) is 3.38. The Bertz CT molecular complexity index is 164. The normalized spacial score (nSPS) is 15.9. The summed E-state index contributed by atoms with van der Waals surface area (Å²) in [6.07, 6.45) is 0. The zero-order valence-corrected chi connectivity index (χ0v) is 12.5. The molecule has 0 spiro atoms. The molecule has 0 rings (SSSR count). The van der Waals surface area contributed by atoms with Crippen LogP contribution in [-0.2, 0) is 0 Å². The van der Waals surface area contributed by atoms with Gasteiger partial charge in [-0.2, -0.15) is 0 Å². The van der Waals surface area contributed by atoms with Gasteiger partial charge in [0.05, 0.1) is 0 Å². The van der Waals surface area contributed by atoms with Crippen molar-refractivity contribution >= 4 is 8.24 Å². The SMILES string of the molecule is CC(C)(C)[Si]([NH-])(C(C)(C)C)C(C)(C)C. The van der Waals surface area contributed by atoms with Crippen LogP contribution in [0, 0.1) is 0 Å². The smallest absolute Gasteiger partial charge is 0.0390 e. The molecule has 0 heterocycles. The Morgan fingerprint density at radius 2 is 0.714 bits per heavy atom. The van der Waals surface area contributed by atoms with E-state index in [9.17, 15) is 0 Å². The van der Waals surface area contributed by atoms with Gasteiger partial charge >= 0.3 is 0 Å². The van der Waals surface area contributed by atoms with Gasteiger partial charge in [-0.15, -0.1) is 0 Å². The van der Waals surface area contributed by atoms with Crippen LogP contribution in [-0.4, -0.2) is 8.24 Å². The Morgan fingerprint density at radius 3 is 0.714 bits per heavy atom. The second-order valence-corrected chi connectivity index (χ2v) is 13.5. The summed E-state index contributed by atoms with van der Waals surface area (Å²) in [4.78, 5) is 0. The summed E-state index contributed by atoms with van der Waals surface area (Å²) in [5.41, 5.74) is 0. The molecule has 0 aliphatic carbocycles. The molecule has 14 heavy (non-hydrogen) atoms. The van der Waals surface area contributed by atoms with Crippen molar-refractivity contribution in [1.82, 2.24) is 0 Å². The monoisotopic (exact) mass is 214 g/mol. The molecule has 0 aromatic heterocycles. The van der Waals surface area contributed by atoms with Gasteiger partial charge in [0, 0.05) is 0 Å². The van der Waals surface area contributed by atoms with E-state index in [1.807, 2.05) is 0 Å². The molecule has 86 valence electrons. The van der Waals surface area contributed by atoms with E-state index in [0.717, 1.165) is 0 Å². The highest BCUT2D eigenvalue weighted by atomic mass is 28.3. The summed E-state index contributed by atoms with van der Waals surface area (Å²) in [6, 6.07) is 0. The highest BCUT2D eigenvalue weighted by Crippen LogP contribution is 2.61. The van der Waals surface area contributed by atoms with Crippen LogP contribution < -0.4 is 0 Å². The summed E-state index contributed by atoms with van der Waals surface area (Å²) >= 11 is 0. The first-order valence-corrected chi connectivity index (χ1v) is 7.50. The molecule has 0 atom stereocenters. The van der Waals surface area contributed by atoms with Gasteiger partial charge < -0.3 is 5.40 Å². The third-order valence-electron chi connectivity index (χ3n) is 3.38. The molecule has 1 nitrogen and oxygen atoms in total. The highest BCUT2D eigenvalue weighted by molar-refractivity contribution is 6.89. The Kier molecular flexibility index (Phi) is 3.38. The Balaban J connectivity index is 5.54. The second-order valence-electron chi connectivity index (χ2n) is 7.50. The molecule has 0 saturated carbocycles. The molecule has 0 aliphatic heterocycles. The van der Waals surface area contributed by atoms with Gasteiger partial charge in [-0.25, -0.2) is 0 Å². The van der Waals surface area contributed by atoms with Crippen LogP contribution in [0.3, 0.4) is 0 Å². The minimum absolute atomic E-state index is 0.128. The molecular formula is C12H28NSi-. The van der Waals surface area contributed by atoms with Crippen LogP contribution in [0.25, 0.3) is 5.40 Å². The fraction of sp³-hybridized carbons (Fsp3) is 1.00. The van der Waals surface area contributed by atoms with Crippen molar-refractivity contribution in [3.05, 3.63) is 5.40 Å². The summed E-state index contributed by atoms with van der Waals surface area (Å²) in [5.74, 6) is 0. The average molecular weight is 214 g/mol. The molecule has 0 fully saturated rings. The van der Waals surface area contributed by atoms with Crippen LogP contribution in [0.15, 0.2) is 0 Å². The number of nitrogens with one attached hydrogen (secondary N) is 1. The molecule has 0 aromatic carbocycles. The molecule has 0 bridgehead atoms. The summed E-state index contributed by atoms with van der Waals surface area (Å²) in [5, 5.41) is 9.40. The maximum Gasteiger partial charge on any atom is -0.0390 e. The predicted octanol–water partition coefficient (Wildman–Crippen LogP) is 5.38. The van der Waals surface area contributed by atoms with Gasteiger partial charge in [0.25, 0.3) is 0 Å². The van der Waals surface area contributed by atoms with Gasteiger partial charge in [0.15, 0.2) is 0 Å². The molecule has 0 amide bonds. The molecule has 2 heteroatoms. The maximum absolute atomic E-state index is 9.01. The lowest BCUT2D eigenvalue weighted by atomic mass is 10.2. The molecule has 0 saturated heterocycles. The van der Waals surface area contributed by atoms with Crippen molar-refractivity contribution in [3.63, 3.8) is 0 Å². The van der Waals surface area contributed by atoms with Crippen molar-refractivity contribution in [1.29, 1.82) is 0 Å². The minimum atomic E-state index is -2.10. The lowest BCUT2D eigenvalue weighted by Gasteiger charge is -2.65. The van der Waals surface area contributed by atoms with Gasteiger partial charge in [0.2, 0.25) is 0 Å². The Hall–Kier alpha value is 0.177. The molecule has 0 aromatic rings. The lowest BCUT2D eigenvalue weighted by Crippen LogP contribution is -2.55. The molecule has 1 N–H and O–H groups in total. The van der Waals surface area contributed by atoms with Gasteiger partial charge in [-0.05, 0) is 8.24 Å². The summed E-state index contributed by atoms with van der Waals surface area (Å²) < 4.78 is 0. The van der Waals surface area contributed by atoms with Crippen LogP contribution >= 0.6 is 0 Å². The first-order chi connectivity index (χ1) is 5.75. The molecule has 0 aliphatic rings. The number of hydrogen-bond donors (Lipinski definition) is 0. The molecule has 0 radical (unpaired) electrons. The second kappa shape index (κ2) is 3.34. The van der Waals surface area contributed by atoms with Gasteiger partial charge in [-0.3, -0.25) is 0 Å². The maximum atomic E-state index is 9.01. The van der Waals surface area contributed by atoms with Crippen LogP contribution in [0.5, 0.6) is 0 Å². The van der Waals surface area contributed by atoms with E-state index in [1.165, 1.54) is 0 Å². The third-order valence-corrected chi connectivity index (χ3v) is 10.1. The largest absolute Gasteiger partial charge is 0.678 e. The Labute approximate surface area is 91.6 Å². The van der Waals surface area contributed by atoms with E-state index in [2.05, 4.69) is 62.3 Å². The Morgan fingerprint density at radius 1 is 0.571 bits per heavy atom. The van der Waals surface area contributed by atoms with E-state index in [1.54, 1.807) is 0 Å².